The molecule has 2 aromatic carbocycles. The summed E-state index contributed by atoms with van der Waals surface area (Å²) in [6.45, 7) is 2.28. The highest BCUT2D eigenvalue weighted by Crippen LogP contribution is 2.15. The third kappa shape index (κ3) is 4.21. The molecule has 0 spiro atoms. The molecule has 0 bridgehead atoms. The number of benzene rings is 2. The number of aryl methyl sites for hydroxylation is 1. The molecular formula is C27H22FN5O2. The molecular weight excluding hydrogens is 445 g/mol. The number of pyridine rings is 2. The molecule has 0 aliphatic heterocycles. The first-order valence-electron chi connectivity index (χ1n) is 11.1. The lowest BCUT2D eigenvalue weighted by atomic mass is 10.1. The maximum atomic E-state index is 13.5. The minimum Gasteiger partial charge on any atom is -0.348 e. The lowest BCUT2D eigenvalue weighted by Gasteiger charge is -2.15. The second kappa shape index (κ2) is 8.98. The molecule has 2 N–H and O–H groups in total. The number of carbonyl (C=O) groups excluding carboxylic acids is 1. The number of nitrogens with one attached hydrogen (secondary N) is 2. The van der Waals surface area contributed by atoms with Crippen LogP contribution >= 0.6 is 0 Å². The molecule has 174 valence electrons. The fourth-order valence-corrected chi connectivity index (χ4v) is 4.07. The minimum absolute atomic E-state index is 0.0574. The van der Waals surface area contributed by atoms with E-state index in [4.69, 9.17) is 10.4 Å². The number of nitrogens with zero attached hydrogens (tertiary/aromatic N) is 3. The van der Waals surface area contributed by atoms with Crippen LogP contribution in [0.3, 0.4) is 0 Å². The SMILES string of the molecule is Cc1cccn2c(=O)c3cc(C(=O)NCc4ccccc4)c(=N)n(Cc4ccc(F)cc4)c3nc12. The van der Waals surface area contributed by atoms with Crippen LogP contribution in [-0.2, 0) is 13.1 Å². The van der Waals surface area contributed by atoms with E-state index in [2.05, 4.69) is 5.32 Å². The van der Waals surface area contributed by atoms with Gasteiger partial charge in [0.15, 0.2) is 0 Å². The van der Waals surface area contributed by atoms with E-state index in [0.717, 1.165) is 11.1 Å². The molecule has 5 aromatic rings. The van der Waals surface area contributed by atoms with E-state index in [-0.39, 0.29) is 40.9 Å². The average Bonchev–Trinajstić information content (AvgIpc) is 2.87. The summed E-state index contributed by atoms with van der Waals surface area (Å²) in [7, 11) is 0. The van der Waals surface area contributed by atoms with Crippen LogP contribution in [0, 0.1) is 18.2 Å². The van der Waals surface area contributed by atoms with Crippen molar-refractivity contribution in [2.75, 3.05) is 0 Å². The van der Waals surface area contributed by atoms with Gasteiger partial charge in [0.1, 0.15) is 22.6 Å². The highest BCUT2D eigenvalue weighted by molar-refractivity contribution is 5.96. The van der Waals surface area contributed by atoms with Crippen molar-refractivity contribution in [3.63, 3.8) is 0 Å². The van der Waals surface area contributed by atoms with Crippen LogP contribution in [-0.4, -0.2) is 19.9 Å². The minimum atomic E-state index is -0.470. The Morgan fingerprint density at radius 3 is 2.49 bits per heavy atom. The molecule has 0 saturated carbocycles. The summed E-state index contributed by atoms with van der Waals surface area (Å²) in [4.78, 5) is 31.3. The Morgan fingerprint density at radius 2 is 1.74 bits per heavy atom. The molecule has 0 atom stereocenters. The smallest absolute Gasteiger partial charge is 0.267 e. The molecule has 0 aliphatic rings. The lowest BCUT2D eigenvalue weighted by Crippen LogP contribution is -2.35. The van der Waals surface area contributed by atoms with E-state index in [9.17, 15) is 14.0 Å². The zero-order valence-corrected chi connectivity index (χ0v) is 19.0. The van der Waals surface area contributed by atoms with E-state index < -0.39 is 5.91 Å². The van der Waals surface area contributed by atoms with Gasteiger partial charge in [0, 0.05) is 12.7 Å². The van der Waals surface area contributed by atoms with Gasteiger partial charge in [-0.1, -0.05) is 48.5 Å². The second-order valence-electron chi connectivity index (χ2n) is 8.33. The first kappa shape index (κ1) is 22.2. The van der Waals surface area contributed by atoms with Crippen LogP contribution in [0.5, 0.6) is 0 Å². The molecule has 0 radical (unpaired) electrons. The largest absolute Gasteiger partial charge is 0.348 e. The van der Waals surface area contributed by atoms with Crippen molar-refractivity contribution in [3.05, 3.63) is 123 Å². The summed E-state index contributed by atoms with van der Waals surface area (Å²) in [6, 6.07) is 20.4. The second-order valence-corrected chi connectivity index (χ2v) is 8.33. The fraction of sp³-hybridized carbons (Fsp3) is 0.111. The molecule has 1 amide bonds. The first-order valence-corrected chi connectivity index (χ1v) is 11.1. The van der Waals surface area contributed by atoms with E-state index in [1.165, 1.54) is 27.2 Å². The standard InChI is InChI=1S/C27H22FN5O2/c1-17-6-5-13-32-24(17)31-25-22(27(32)35)14-21(26(34)30-15-18-7-3-2-4-8-18)23(29)33(25)16-19-9-11-20(28)12-10-19/h2-14,29H,15-16H2,1H3,(H,30,34). The number of amides is 1. The van der Waals surface area contributed by atoms with E-state index >= 15 is 0 Å². The molecule has 35 heavy (non-hydrogen) atoms. The normalized spacial score (nSPS) is 11.1. The molecule has 5 rings (SSSR count). The summed E-state index contributed by atoms with van der Waals surface area (Å²) < 4.78 is 16.4. The third-order valence-corrected chi connectivity index (χ3v) is 5.93. The summed E-state index contributed by atoms with van der Waals surface area (Å²) in [6.07, 6.45) is 1.63. The Morgan fingerprint density at radius 1 is 1.00 bits per heavy atom. The Hall–Kier alpha value is -4.59. The van der Waals surface area contributed by atoms with Crippen LogP contribution in [0.15, 0.2) is 83.8 Å². The number of hydrogen-bond donors (Lipinski definition) is 2. The summed E-state index contributed by atoms with van der Waals surface area (Å²) in [5.74, 6) is -0.843. The topological polar surface area (TPSA) is 92.3 Å². The van der Waals surface area contributed by atoms with Gasteiger partial charge in [-0.25, -0.2) is 9.37 Å². The van der Waals surface area contributed by atoms with Crippen LogP contribution in [0.25, 0.3) is 16.7 Å². The molecule has 0 saturated heterocycles. The summed E-state index contributed by atoms with van der Waals surface area (Å²) in [5, 5.41) is 11.9. The number of fused-ring (bicyclic) bond motifs is 2. The van der Waals surface area contributed by atoms with Crippen LogP contribution in [0.1, 0.15) is 27.0 Å². The Balaban J connectivity index is 1.69. The average molecular weight is 468 g/mol. The van der Waals surface area contributed by atoms with E-state index in [0.29, 0.717) is 16.9 Å². The number of rotatable bonds is 5. The Bertz CT molecular complexity index is 1690. The van der Waals surface area contributed by atoms with Crippen LogP contribution in [0.4, 0.5) is 4.39 Å². The number of halogens is 1. The first-order chi connectivity index (χ1) is 16.9. The molecule has 7 nitrogen and oxygen atoms in total. The molecule has 3 heterocycles. The zero-order valence-electron chi connectivity index (χ0n) is 19.0. The highest BCUT2D eigenvalue weighted by atomic mass is 19.1. The van der Waals surface area contributed by atoms with Crippen molar-refractivity contribution >= 4 is 22.6 Å². The molecule has 0 unspecified atom stereocenters. The van der Waals surface area contributed by atoms with Crippen LogP contribution in [0.2, 0.25) is 0 Å². The predicted molar refractivity (Wildman–Crippen MR) is 131 cm³/mol. The fourth-order valence-electron chi connectivity index (χ4n) is 4.07. The van der Waals surface area contributed by atoms with Gasteiger partial charge < -0.3 is 9.88 Å². The van der Waals surface area contributed by atoms with Gasteiger partial charge in [0.2, 0.25) is 0 Å². The van der Waals surface area contributed by atoms with Crippen molar-refractivity contribution < 1.29 is 9.18 Å². The van der Waals surface area contributed by atoms with Gasteiger partial charge in [-0.15, -0.1) is 0 Å². The van der Waals surface area contributed by atoms with Crippen molar-refractivity contribution in [2.24, 2.45) is 0 Å². The predicted octanol–water partition coefficient (Wildman–Crippen LogP) is 3.55. The van der Waals surface area contributed by atoms with Gasteiger partial charge >= 0.3 is 0 Å². The van der Waals surface area contributed by atoms with Crippen LogP contribution < -0.4 is 16.4 Å². The van der Waals surface area contributed by atoms with Crippen molar-refractivity contribution in [1.82, 2.24) is 19.3 Å². The number of hydrogen-bond acceptors (Lipinski definition) is 4. The molecule has 0 aliphatic carbocycles. The molecule has 3 aromatic heterocycles. The third-order valence-electron chi connectivity index (χ3n) is 5.93. The van der Waals surface area contributed by atoms with Gasteiger partial charge in [0.05, 0.1) is 17.5 Å². The zero-order chi connectivity index (χ0) is 24.5. The van der Waals surface area contributed by atoms with Gasteiger partial charge in [-0.2, -0.15) is 0 Å². The number of carbonyl (C=O) groups is 1. The Kier molecular flexibility index (Phi) is 5.70. The van der Waals surface area contributed by atoms with E-state index in [1.807, 2.05) is 43.3 Å². The summed E-state index contributed by atoms with van der Waals surface area (Å²) >= 11 is 0. The van der Waals surface area contributed by atoms with Gasteiger partial charge in [-0.3, -0.25) is 19.4 Å². The molecule has 8 heteroatoms. The molecule has 0 fully saturated rings. The summed E-state index contributed by atoms with van der Waals surface area (Å²) in [5.41, 5.74) is 2.82. The van der Waals surface area contributed by atoms with Gasteiger partial charge in [0.25, 0.3) is 11.5 Å². The monoisotopic (exact) mass is 467 g/mol. The van der Waals surface area contributed by atoms with Crippen molar-refractivity contribution in [1.29, 1.82) is 5.41 Å². The maximum absolute atomic E-state index is 13.5. The Labute approximate surface area is 199 Å². The highest BCUT2D eigenvalue weighted by Gasteiger charge is 2.18. The van der Waals surface area contributed by atoms with Gasteiger partial charge in [-0.05, 0) is 47.9 Å². The van der Waals surface area contributed by atoms with E-state index in [1.54, 1.807) is 24.4 Å². The quantitative estimate of drug-likeness (QED) is 0.387. The number of aromatic nitrogens is 3. The maximum Gasteiger partial charge on any atom is 0.267 e. The lowest BCUT2D eigenvalue weighted by molar-refractivity contribution is 0.0948. The van der Waals surface area contributed by atoms with Crippen molar-refractivity contribution in [3.8, 4) is 0 Å². The van der Waals surface area contributed by atoms with Crippen molar-refractivity contribution in [2.45, 2.75) is 20.0 Å².